The first-order valence-corrected chi connectivity index (χ1v) is 12.1. The Labute approximate surface area is 187 Å². The number of anilines is 1. The summed E-state index contributed by atoms with van der Waals surface area (Å²) in [6.45, 7) is 4.13. The number of nitrogens with one attached hydrogen (secondary N) is 1. The van der Waals surface area contributed by atoms with E-state index in [9.17, 15) is 18.0 Å². The molecule has 0 unspecified atom stereocenters. The predicted molar refractivity (Wildman–Crippen MR) is 119 cm³/mol. The van der Waals surface area contributed by atoms with Crippen molar-refractivity contribution in [2.45, 2.75) is 20.4 Å². The van der Waals surface area contributed by atoms with Crippen molar-refractivity contribution in [3.05, 3.63) is 34.8 Å². The molecule has 10 nitrogen and oxygen atoms in total. The third-order valence-corrected chi connectivity index (χ3v) is 6.45. The summed E-state index contributed by atoms with van der Waals surface area (Å²) < 4.78 is 37.3. The number of hydrogen-bond donors (Lipinski definition) is 1. The SMILES string of the molecule is C#CCn1c(=NC(=O)CS(=O)(=O)CC(=O)Nc2cc(C)on2)sc2cc(OCC)ccc21. The minimum Gasteiger partial charge on any atom is -0.494 e. The molecule has 0 aliphatic rings. The van der Waals surface area contributed by atoms with Crippen LogP contribution >= 0.6 is 11.3 Å². The molecule has 2 aromatic heterocycles. The molecule has 1 N–H and O–H groups in total. The second-order valence-corrected chi connectivity index (χ2v) is 9.72. The van der Waals surface area contributed by atoms with Crippen molar-refractivity contribution in [3.8, 4) is 18.1 Å². The van der Waals surface area contributed by atoms with Crippen molar-refractivity contribution in [2.75, 3.05) is 23.4 Å². The summed E-state index contributed by atoms with van der Waals surface area (Å²) in [6, 6.07) is 6.81. The minimum absolute atomic E-state index is 0.0886. The fourth-order valence-electron chi connectivity index (χ4n) is 2.82. The molecule has 2 heterocycles. The summed E-state index contributed by atoms with van der Waals surface area (Å²) in [5.74, 6) is 0.137. The highest BCUT2D eigenvalue weighted by Gasteiger charge is 2.22. The number of terminal acetylenes is 1. The van der Waals surface area contributed by atoms with Crippen LogP contribution in [0.25, 0.3) is 10.2 Å². The second kappa shape index (κ2) is 9.80. The van der Waals surface area contributed by atoms with E-state index in [2.05, 4.69) is 21.4 Å². The topological polar surface area (TPSA) is 133 Å². The van der Waals surface area contributed by atoms with Crippen LogP contribution in [0.4, 0.5) is 5.82 Å². The van der Waals surface area contributed by atoms with E-state index in [1.165, 1.54) is 17.4 Å². The van der Waals surface area contributed by atoms with Crippen LogP contribution < -0.4 is 14.9 Å². The van der Waals surface area contributed by atoms with Gasteiger partial charge in [0.15, 0.2) is 20.5 Å². The number of rotatable bonds is 8. The molecule has 0 radical (unpaired) electrons. The maximum Gasteiger partial charge on any atom is 0.263 e. The predicted octanol–water partition coefficient (Wildman–Crippen LogP) is 1.51. The highest BCUT2D eigenvalue weighted by Crippen LogP contribution is 2.23. The zero-order valence-electron chi connectivity index (χ0n) is 17.3. The molecule has 3 rings (SSSR count). The molecule has 0 atom stereocenters. The van der Waals surface area contributed by atoms with E-state index >= 15 is 0 Å². The molecule has 1 aromatic carbocycles. The first kappa shape index (κ1) is 23.2. The van der Waals surface area contributed by atoms with E-state index in [1.807, 2.05) is 6.92 Å². The minimum atomic E-state index is -4.06. The van der Waals surface area contributed by atoms with Crippen molar-refractivity contribution >= 4 is 49.0 Å². The normalized spacial score (nSPS) is 12.0. The molecule has 0 aliphatic heterocycles. The highest BCUT2D eigenvalue weighted by atomic mass is 32.2. The Kier molecular flexibility index (Phi) is 7.12. The number of aromatic nitrogens is 2. The monoisotopic (exact) mass is 476 g/mol. The first-order valence-electron chi connectivity index (χ1n) is 9.41. The van der Waals surface area contributed by atoms with Gasteiger partial charge in [-0.3, -0.25) is 9.59 Å². The lowest BCUT2D eigenvalue weighted by molar-refractivity contribution is -0.115. The Morgan fingerprint density at radius 3 is 2.78 bits per heavy atom. The average Bonchev–Trinajstić information content (AvgIpc) is 3.24. The molecule has 12 heteroatoms. The highest BCUT2D eigenvalue weighted by molar-refractivity contribution is 7.92. The number of thiazole rings is 1. The number of ether oxygens (including phenoxy) is 1. The van der Waals surface area contributed by atoms with Crippen LogP contribution in [0.15, 0.2) is 33.8 Å². The van der Waals surface area contributed by atoms with Crippen LogP contribution in [-0.2, 0) is 26.0 Å². The number of benzene rings is 1. The molecule has 3 aromatic rings. The quantitative estimate of drug-likeness (QED) is 0.487. The summed E-state index contributed by atoms with van der Waals surface area (Å²) in [4.78, 5) is 28.6. The second-order valence-electron chi connectivity index (χ2n) is 6.65. The lowest BCUT2D eigenvalue weighted by Gasteiger charge is -2.03. The smallest absolute Gasteiger partial charge is 0.263 e. The van der Waals surface area contributed by atoms with Gasteiger partial charge in [0.05, 0.1) is 23.4 Å². The molecule has 0 saturated carbocycles. The summed E-state index contributed by atoms with van der Waals surface area (Å²) >= 11 is 1.18. The van der Waals surface area contributed by atoms with Crippen LogP contribution in [-0.4, -0.2) is 48.1 Å². The molecule has 0 saturated heterocycles. The summed E-state index contributed by atoms with van der Waals surface area (Å²) in [6.07, 6.45) is 5.44. The fraction of sp³-hybridized carbons (Fsp3) is 0.300. The third-order valence-electron chi connectivity index (χ3n) is 4.02. The maximum atomic E-state index is 12.4. The van der Waals surface area contributed by atoms with Crippen LogP contribution in [0.1, 0.15) is 12.7 Å². The lowest BCUT2D eigenvalue weighted by Crippen LogP contribution is -2.28. The summed E-state index contributed by atoms with van der Waals surface area (Å²) in [5.41, 5.74) is 0.744. The van der Waals surface area contributed by atoms with E-state index < -0.39 is 33.2 Å². The zero-order chi connectivity index (χ0) is 23.3. The van der Waals surface area contributed by atoms with E-state index in [0.29, 0.717) is 18.1 Å². The van der Waals surface area contributed by atoms with Gasteiger partial charge < -0.3 is 19.1 Å². The van der Waals surface area contributed by atoms with Crippen molar-refractivity contribution in [3.63, 3.8) is 0 Å². The van der Waals surface area contributed by atoms with Crippen LogP contribution in [0.5, 0.6) is 5.75 Å². The molecule has 168 valence electrons. The van der Waals surface area contributed by atoms with Gasteiger partial charge in [-0.1, -0.05) is 22.4 Å². The van der Waals surface area contributed by atoms with Crippen LogP contribution in [0.2, 0.25) is 0 Å². The Bertz CT molecular complexity index is 1370. The van der Waals surface area contributed by atoms with Crippen molar-refractivity contribution in [1.29, 1.82) is 0 Å². The molecule has 2 amide bonds. The number of carbonyl (C=O) groups is 2. The van der Waals surface area contributed by atoms with Gasteiger partial charge in [0.25, 0.3) is 5.91 Å². The third kappa shape index (κ3) is 5.83. The van der Waals surface area contributed by atoms with Gasteiger partial charge in [0.2, 0.25) is 5.91 Å². The largest absolute Gasteiger partial charge is 0.494 e. The van der Waals surface area contributed by atoms with Gasteiger partial charge in [-0.2, -0.15) is 4.99 Å². The van der Waals surface area contributed by atoms with Gasteiger partial charge in [0.1, 0.15) is 23.0 Å². The first-order chi connectivity index (χ1) is 15.2. The van der Waals surface area contributed by atoms with Crippen LogP contribution in [0, 0.1) is 19.3 Å². The van der Waals surface area contributed by atoms with E-state index in [4.69, 9.17) is 15.7 Å². The van der Waals surface area contributed by atoms with Crippen molar-refractivity contribution in [1.82, 2.24) is 9.72 Å². The molecule has 0 aliphatic carbocycles. The van der Waals surface area contributed by atoms with Crippen molar-refractivity contribution < 1.29 is 27.3 Å². The standard InChI is InChI=1S/C20H20N4O6S2/c1-4-8-24-15-7-6-14(29-5-2)10-16(15)31-20(24)22-19(26)12-32(27,28)11-18(25)21-17-9-13(3)30-23-17/h1,6-7,9-10H,5,8,11-12H2,2-3H3,(H,21,23,25). The molecule has 0 spiro atoms. The lowest BCUT2D eigenvalue weighted by atomic mass is 10.3. The Hall–Kier alpha value is -3.43. The van der Waals surface area contributed by atoms with Gasteiger partial charge in [-0.05, 0) is 32.0 Å². The molecule has 0 bridgehead atoms. The molecular weight excluding hydrogens is 456 g/mol. The van der Waals surface area contributed by atoms with Crippen LogP contribution in [0.3, 0.4) is 0 Å². The number of aryl methyl sites for hydroxylation is 1. The van der Waals surface area contributed by atoms with E-state index in [0.717, 1.165) is 10.2 Å². The number of carbonyl (C=O) groups excluding carboxylic acids is 2. The molecule has 32 heavy (non-hydrogen) atoms. The fourth-order valence-corrected chi connectivity index (χ4v) is 4.91. The van der Waals surface area contributed by atoms with E-state index in [1.54, 1.807) is 29.7 Å². The summed E-state index contributed by atoms with van der Waals surface area (Å²) in [7, 11) is -4.06. The summed E-state index contributed by atoms with van der Waals surface area (Å²) in [5, 5.41) is 5.85. The molecular formula is C20H20N4O6S2. The Balaban J connectivity index is 1.79. The van der Waals surface area contributed by atoms with Gasteiger partial charge >= 0.3 is 0 Å². The van der Waals surface area contributed by atoms with E-state index in [-0.39, 0.29) is 17.2 Å². The molecule has 0 fully saturated rings. The number of amides is 2. The Morgan fingerprint density at radius 2 is 2.12 bits per heavy atom. The van der Waals surface area contributed by atoms with Gasteiger partial charge in [0, 0.05) is 6.07 Å². The van der Waals surface area contributed by atoms with Crippen molar-refractivity contribution in [2.24, 2.45) is 4.99 Å². The number of sulfone groups is 1. The van der Waals surface area contributed by atoms with Gasteiger partial charge in [-0.25, -0.2) is 8.42 Å². The Morgan fingerprint density at radius 1 is 1.34 bits per heavy atom. The average molecular weight is 477 g/mol. The zero-order valence-corrected chi connectivity index (χ0v) is 19.0. The number of nitrogens with zero attached hydrogens (tertiary/aromatic N) is 3. The van der Waals surface area contributed by atoms with Gasteiger partial charge in [-0.15, -0.1) is 6.42 Å². The number of hydrogen-bond acceptors (Lipinski definition) is 8. The number of fused-ring (bicyclic) bond motifs is 1. The maximum absolute atomic E-state index is 12.4.